The first-order valence-corrected chi connectivity index (χ1v) is 12.6. The van der Waals surface area contributed by atoms with Gasteiger partial charge in [0, 0.05) is 34.7 Å². The van der Waals surface area contributed by atoms with Crippen LogP contribution in [-0.2, 0) is 10.3 Å². The van der Waals surface area contributed by atoms with Gasteiger partial charge in [-0.3, -0.25) is 0 Å². The van der Waals surface area contributed by atoms with Crippen molar-refractivity contribution in [3.8, 4) is 28.2 Å². The van der Waals surface area contributed by atoms with Gasteiger partial charge in [-0.25, -0.2) is 29.4 Å². The molecule has 0 saturated carbocycles. The fourth-order valence-electron chi connectivity index (χ4n) is 4.32. The van der Waals surface area contributed by atoms with Crippen molar-refractivity contribution >= 4 is 28.6 Å². The SMILES string of the molecule is CC(C)COC(=O)c1ncn(-c2ccc(N)cc2-c2nc3cc(-c4cnc(N)nc4)ccc3n2C(C)(C)C)n1. The van der Waals surface area contributed by atoms with E-state index in [2.05, 4.69) is 45.4 Å². The molecule has 0 bridgehead atoms. The number of nitrogen functional groups attached to an aromatic ring is 2. The van der Waals surface area contributed by atoms with Crippen molar-refractivity contribution in [2.75, 3.05) is 18.1 Å². The summed E-state index contributed by atoms with van der Waals surface area (Å²) < 4.78 is 9.01. The van der Waals surface area contributed by atoms with Crippen molar-refractivity contribution in [3.05, 3.63) is 60.9 Å². The molecule has 0 fully saturated rings. The number of esters is 1. The molecule has 11 heteroatoms. The van der Waals surface area contributed by atoms with Crippen LogP contribution in [0.2, 0.25) is 0 Å². The third-order valence-corrected chi connectivity index (χ3v) is 6.06. The van der Waals surface area contributed by atoms with Crippen LogP contribution in [0.1, 0.15) is 45.2 Å². The highest BCUT2D eigenvalue weighted by Gasteiger charge is 2.25. The lowest BCUT2D eigenvalue weighted by Gasteiger charge is -2.25. The Balaban J connectivity index is 1.64. The number of ether oxygens (including phenoxy) is 1. The van der Waals surface area contributed by atoms with E-state index in [1.807, 2.05) is 44.2 Å². The Bertz CT molecular complexity index is 1660. The second-order valence-corrected chi connectivity index (χ2v) is 10.8. The quantitative estimate of drug-likeness (QED) is 0.241. The number of benzene rings is 2. The van der Waals surface area contributed by atoms with E-state index in [0.29, 0.717) is 23.8 Å². The molecule has 39 heavy (non-hydrogen) atoms. The highest BCUT2D eigenvalue weighted by atomic mass is 16.5. The van der Waals surface area contributed by atoms with Crippen molar-refractivity contribution < 1.29 is 9.53 Å². The van der Waals surface area contributed by atoms with Gasteiger partial charge in [0.1, 0.15) is 12.2 Å². The zero-order valence-electron chi connectivity index (χ0n) is 22.6. The van der Waals surface area contributed by atoms with Crippen molar-refractivity contribution in [1.82, 2.24) is 34.3 Å². The molecule has 3 aromatic heterocycles. The van der Waals surface area contributed by atoms with E-state index in [0.717, 1.165) is 27.7 Å². The number of nitrogens with two attached hydrogens (primary N) is 2. The van der Waals surface area contributed by atoms with E-state index in [1.54, 1.807) is 23.1 Å². The summed E-state index contributed by atoms with van der Waals surface area (Å²) in [4.78, 5) is 29.9. The molecule has 0 saturated heterocycles. The summed E-state index contributed by atoms with van der Waals surface area (Å²) in [5, 5.41) is 4.41. The fourth-order valence-corrected chi connectivity index (χ4v) is 4.32. The third-order valence-electron chi connectivity index (χ3n) is 6.06. The summed E-state index contributed by atoms with van der Waals surface area (Å²) in [7, 11) is 0. The topological polar surface area (TPSA) is 153 Å². The van der Waals surface area contributed by atoms with Crippen LogP contribution in [0.25, 0.3) is 39.2 Å². The largest absolute Gasteiger partial charge is 0.459 e. The maximum Gasteiger partial charge on any atom is 0.378 e. The molecular weight excluding hydrogens is 494 g/mol. The molecule has 0 radical (unpaired) electrons. The molecule has 5 rings (SSSR count). The Morgan fingerprint density at radius 1 is 1.00 bits per heavy atom. The number of aromatic nitrogens is 7. The Morgan fingerprint density at radius 2 is 1.74 bits per heavy atom. The van der Waals surface area contributed by atoms with E-state index in [1.165, 1.54) is 6.33 Å². The number of anilines is 2. The van der Waals surface area contributed by atoms with E-state index in [-0.39, 0.29) is 23.2 Å². The number of hydrogen-bond donors (Lipinski definition) is 2. The maximum absolute atomic E-state index is 12.5. The minimum atomic E-state index is -0.569. The lowest BCUT2D eigenvalue weighted by molar-refractivity contribution is 0.0444. The van der Waals surface area contributed by atoms with Crippen molar-refractivity contribution in [1.29, 1.82) is 0 Å². The second-order valence-electron chi connectivity index (χ2n) is 10.8. The van der Waals surface area contributed by atoms with Gasteiger partial charge in [0.2, 0.25) is 5.95 Å². The Morgan fingerprint density at radius 3 is 2.44 bits per heavy atom. The Kier molecular flexibility index (Phi) is 6.51. The van der Waals surface area contributed by atoms with Gasteiger partial charge in [-0.15, -0.1) is 5.10 Å². The van der Waals surface area contributed by atoms with Gasteiger partial charge in [-0.05, 0) is 62.6 Å². The summed E-state index contributed by atoms with van der Waals surface area (Å²) in [6.07, 6.45) is 4.87. The van der Waals surface area contributed by atoms with Crippen LogP contribution in [0.4, 0.5) is 11.6 Å². The minimum absolute atomic E-state index is 0.0156. The molecular formula is C28H31N9O2. The van der Waals surface area contributed by atoms with Gasteiger partial charge in [0.25, 0.3) is 5.82 Å². The third kappa shape index (κ3) is 5.15. The fraction of sp³-hybridized carbons (Fsp3) is 0.286. The molecule has 0 aliphatic carbocycles. The maximum atomic E-state index is 12.5. The van der Waals surface area contributed by atoms with Crippen molar-refractivity contribution in [2.24, 2.45) is 5.92 Å². The van der Waals surface area contributed by atoms with Crippen LogP contribution in [0.5, 0.6) is 0 Å². The highest BCUT2D eigenvalue weighted by molar-refractivity contribution is 5.88. The smallest absolute Gasteiger partial charge is 0.378 e. The molecule has 4 N–H and O–H groups in total. The molecule has 0 aliphatic rings. The van der Waals surface area contributed by atoms with E-state index < -0.39 is 5.97 Å². The van der Waals surface area contributed by atoms with Crippen LogP contribution in [0.15, 0.2) is 55.1 Å². The first-order chi connectivity index (χ1) is 18.5. The lowest BCUT2D eigenvalue weighted by Crippen LogP contribution is -2.23. The highest BCUT2D eigenvalue weighted by Crippen LogP contribution is 2.36. The number of carbonyl (C=O) groups is 1. The van der Waals surface area contributed by atoms with Gasteiger partial charge in [0.05, 0.1) is 23.3 Å². The monoisotopic (exact) mass is 525 g/mol. The van der Waals surface area contributed by atoms with Gasteiger partial charge in [-0.2, -0.15) is 0 Å². The number of hydrogen-bond acceptors (Lipinski definition) is 9. The molecule has 0 unspecified atom stereocenters. The normalized spacial score (nSPS) is 11.8. The lowest BCUT2D eigenvalue weighted by atomic mass is 10.0. The van der Waals surface area contributed by atoms with Crippen LogP contribution < -0.4 is 11.5 Å². The number of carbonyl (C=O) groups excluding carboxylic acids is 1. The Labute approximate surface area is 225 Å². The van der Waals surface area contributed by atoms with E-state index in [4.69, 9.17) is 21.2 Å². The summed E-state index contributed by atoms with van der Waals surface area (Å²) in [6, 6.07) is 11.5. The predicted octanol–water partition coefficient (Wildman–Crippen LogP) is 4.47. The van der Waals surface area contributed by atoms with Crippen molar-refractivity contribution in [3.63, 3.8) is 0 Å². The molecule has 0 aliphatic heterocycles. The molecule has 5 aromatic rings. The van der Waals surface area contributed by atoms with Crippen molar-refractivity contribution in [2.45, 2.75) is 40.2 Å². The molecule has 200 valence electrons. The standard InChI is InChI=1S/C28H31N9O2/c1-16(2)14-39-26(38)24-33-15-36(35-24)22-9-7-19(29)11-20(22)25-34-21-10-17(18-12-31-27(30)32-13-18)6-8-23(21)37(25)28(3,4)5/h6-13,15-16H,14,29H2,1-5H3,(H2,30,31,32). The first-order valence-electron chi connectivity index (χ1n) is 12.6. The summed E-state index contributed by atoms with van der Waals surface area (Å²) in [6.45, 7) is 10.6. The molecule has 0 atom stereocenters. The van der Waals surface area contributed by atoms with Crippen LogP contribution >= 0.6 is 0 Å². The number of rotatable bonds is 6. The van der Waals surface area contributed by atoms with Gasteiger partial charge in [0.15, 0.2) is 0 Å². The molecule has 3 heterocycles. The summed E-state index contributed by atoms with van der Waals surface area (Å²) >= 11 is 0. The predicted molar refractivity (Wildman–Crippen MR) is 150 cm³/mol. The van der Waals surface area contributed by atoms with Crippen LogP contribution in [-0.4, -0.2) is 46.9 Å². The summed E-state index contributed by atoms with van der Waals surface area (Å²) in [5.41, 5.74) is 17.1. The zero-order valence-corrected chi connectivity index (χ0v) is 22.6. The number of imidazole rings is 1. The summed E-state index contributed by atoms with van der Waals surface area (Å²) in [5.74, 6) is 0.541. The van der Waals surface area contributed by atoms with E-state index in [9.17, 15) is 4.79 Å². The zero-order chi connectivity index (χ0) is 27.9. The van der Waals surface area contributed by atoms with Gasteiger partial charge >= 0.3 is 5.97 Å². The molecule has 0 spiro atoms. The first kappa shape index (κ1) is 25.8. The minimum Gasteiger partial charge on any atom is -0.459 e. The average Bonchev–Trinajstić information content (AvgIpc) is 3.52. The molecule has 11 nitrogen and oxygen atoms in total. The molecule has 2 aromatic carbocycles. The number of fused-ring (bicyclic) bond motifs is 1. The number of nitrogens with zero attached hydrogens (tertiary/aromatic N) is 7. The molecule has 0 amide bonds. The Hall–Kier alpha value is -4.80. The van der Waals surface area contributed by atoms with Crippen LogP contribution in [0, 0.1) is 5.92 Å². The second kappa shape index (κ2) is 9.82. The van der Waals surface area contributed by atoms with E-state index >= 15 is 0 Å². The van der Waals surface area contributed by atoms with Gasteiger partial charge < -0.3 is 20.8 Å². The van der Waals surface area contributed by atoms with Gasteiger partial charge in [-0.1, -0.05) is 19.9 Å². The van der Waals surface area contributed by atoms with Crippen LogP contribution in [0.3, 0.4) is 0 Å². The average molecular weight is 526 g/mol.